The average molecular weight is 407 g/mol. The van der Waals surface area contributed by atoms with Gasteiger partial charge < -0.3 is 9.47 Å². The topological polar surface area (TPSA) is 18.5 Å². The first-order valence-corrected chi connectivity index (χ1v) is 11.5. The van der Waals surface area contributed by atoms with Gasteiger partial charge in [-0.2, -0.15) is 8.78 Å². The van der Waals surface area contributed by atoms with E-state index in [1.165, 1.54) is 50.7 Å². The van der Waals surface area contributed by atoms with Gasteiger partial charge in [0.1, 0.15) is 0 Å². The SMILES string of the molecule is C/C=C/C1CCC(C2CCC(COc3ccc(OCCC)c(F)c3F)CC2)CC1. The Morgan fingerprint density at radius 1 is 0.862 bits per heavy atom. The summed E-state index contributed by atoms with van der Waals surface area (Å²) in [5.41, 5.74) is 0. The van der Waals surface area contributed by atoms with Crippen LogP contribution in [-0.2, 0) is 0 Å². The number of hydrogen-bond acceptors (Lipinski definition) is 2. The third-order valence-electron chi connectivity index (χ3n) is 6.79. The fourth-order valence-electron chi connectivity index (χ4n) is 5.06. The lowest BCUT2D eigenvalue weighted by Crippen LogP contribution is -2.27. The van der Waals surface area contributed by atoms with E-state index in [-0.39, 0.29) is 11.5 Å². The first-order chi connectivity index (χ1) is 14.1. The molecule has 0 heterocycles. The molecule has 0 atom stereocenters. The lowest BCUT2D eigenvalue weighted by atomic mass is 9.69. The van der Waals surface area contributed by atoms with Crippen LogP contribution >= 0.6 is 0 Å². The normalized spacial score (nSPS) is 27.9. The van der Waals surface area contributed by atoms with Crippen molar-refractivity contribution in [3.05, 3.63) is 35.9 Å². The van der Waals surface area contributed by atoms with E-state index < -0.39 is 11.6 Å². The number of halogens is 2. The zero-order valence-corrected chi connectivity index (χ0v) is 18.0. The molecule has 2 aliphatic carbocycles. The smallest absolute Gasteiger partial charge is 0.204 e. The first kappa shape index (κ1) is 22.1. The lowest BCUT2D eigenvalue weighted by Gasteiger charge is -2.37. The second kappa shape index (κ2) is 11.0. The maximum atomic E-state index is 14.3. The summed E-state index contributed by atoms with van der Waals surface area (Å²) in [5.74, 6) is 0.997. The summed E-state index contributed by atoms with van der Waals surface area (Å²) in [4.78, 5) is 0. The maximum absolute atomic E-state index is 14.3. The number of rotatable bonds is 8. The van der Waals surface area contributed by atoms with Gasteiger partial charge in [0, 0.05) is 0 Å². The molecule has 1 aromatic rings. The van der Waals surface area contributed by atoms with Crippen molar-refractivity contribution in [3.8, 4) is 11.5 Å². The zero-order chi connectivity index (χ0) is 20.6. The Labute approximate surface area is 174 Å². The minimum absolute atomic E-state index is 0.00391. The van der Waals surface area contributed by atoms with Crippen LogP contribution in [-0.4, -0.2) is 13.2 Å². The predicted molar refractivity (Wildman–Crippen MR) is 113 cm³/mol. The number of hydrogen-bond donors (Lipinski definition) is 0. The molecule has 2 saturated carbocycles. The van der Waals surface area contributed by atoms with E-state index in [2.05, 4.69) is 19.1 Å². The van der Waals surface area contributed by atoms with Crippen LogP contribution < -0.4 is 9.47 Å². The summed E-state index contributed by atoms with van der Waals surface area (Å²) in [6.45, 7) is 4.88. The summed E-state index contributed by atoms with van der Waals surface area (Å²) in [6, 6.07) is 2.95. The van der Waals surface area contributed by atoms with E-state index >= 15 is 0 Å². The molecule has 2 nitrogen and oxygen atoms in total. The van der Waals surface area contributed by atoms with Crippen molar-refractivity contribution in [2.45, 2.75) is 71.6 Å². The molecule has 0 saturated heterocycles. The Morgan fingerprint density at radius 2 is 1.41 bits per heavy atom. The van der Waals surface area contributed by atoms with E-state index in [9.17, 15) is 8.78 Å². The maximum Gasteiger partial charge on any atom is 0.204 e. The molecular weight excluding hydrogens is 370 g/mol. The van der Waals surface area contributed by atoms with Crippen LogP contribution in [0.5, 0.6) is 11.5 Å². The minimum atomic E-state index is -0.951. The van der Waals surface area contributed by atoms with Crippen molar-refractivity contribution in [1.82, 2.24) is 0 Å². The van der Waals surface area contributed by atoms with E-state index in [0.29, 0.717) is 19.1 Å². The van der Waals surface area contributed by atoms with Crippen LogP contribution in [0.4, 0.5) is 8.78 Å². The van der Waals surface area contributed by atoms with Crippen molar-refractivity contribution < 1.29 is 18.3 Å². The summed E-state index contributed by atoms with van der Waals surface area (Å²) >= 11 is 0. The highest BCUT2D eigenvalue weighted by Crippen LogP contribution is 2.41. The molecule has 4 heteroatoms. The van der Waals surface area contributed by atoms with Gasteiger partial charge in [-0.25, -0.2) is 0 Å². The van der Waals surface area contributed by atoms with Gasteiger partial charge in [-0.1, -0.05) is 19.1 Å². The van der Waals surface area contributed by atoms with E-state index in [1.54, 1.807) is 0 Å². The van der Waals surface area contributed by atoms with Gasteiger partial charge >= 0.3 is 0 Å². The van der Waals surface area contributed by atoms with Crippen LogP contribution in [0.15, 0.2) is 24.3 Å². The molecule has 0 aliphatic heterocycles. The summed E-state index contributed by atoms with van der Waals surface area (Å²) in [6.07, 6.45) is 15.4. The average Bonchev–Trinajstić information content (AvgIpc) is 2.75. The number of allylic oxidation sites excluding steroid dienone is 2. The molecule has 29 heavy (non-hydrogen) atoms. The molecule has 1 aromatic carbocycles. The number of benzene rings is 1. The fourth-order valence-corrected chi connectivity index (χ4v) is 5.06. The van der Waals surface area contributed by atoms with Gasteiger partial charge in [0.05, 0.1) is 13.2 Å². The van der Waals surface area contributed by atoms with Crippen molar-refractivity contribution >= 4 is 0 Å². The fraction of sp³-hybridized carbons (Fsp3) is 0.680. The molecule has 0 bridgehead atoms. The van der Waals surface area contributed by atoms with Gasteiger partial charge in [-0.3, -0.25) is 0 Å². The third-order valence-corrected chi connectivity index (χ3v) is 6.79. The Kier molecular flexibility index (Phi) is 8.38. The van der Waals surface area contributed by atoms with Gasteiger partial charge in [0.25, 0.3) is 0 Å². The monoisotopic (exact) mass is 406 g/mol. The quantitative estimate of drug-likeness (QED) is 0.421. The van der Waals surface area contributed by atoms with Crippen LogP contribution in [0.2, 0.25) is 0 Å². The third kappa shape index (κ3) is 5.96. The highest BCUT2D eigenvalue weighted by atomic mass is 19.2. The molecule has 0 radical (unpaired) electrons. The number of ether oxygens (including phenoxy) is 2. The molecular formula is C25H36F2O2. The second-order valence-electron chi connectivity index (χ2n) is 8.83. The van der Waals surface area contributed by atoms with Gasteiger partial charge in [-0.15, -0.1) is 0 Å². The Balaban J connectivity index is 1.43. The minimum Gasteiger partial charge on any atom is -0.490 e. The van der Waals surface area contributed by atoms with Gasteiger partial charge in [0.2, 0.25) is 11.6 Å². The van der Waals surface area contributed by atoms with Crippen molar-refractivity contribution in [1.29, 1.82) is 0 Å². The predicted octanol–water partition coefficient (Wildman–Crippen LogP) is 7.32. The van der Waals surface area contributed by atoms with Crippen molar-refractivity contribution in [3.63, 3.8) is 0 Å². The highest BCUT2D eigenvalue weighted by Gasteiger charge is 2.30. The molecule has 0 aromatic heterocycles. The van der Waals surface area contributed by atoms with Crippen molar-refractivity contribution in [2.75, 3.05) is 13.2 Å². The van der Waals surface area contributed by atoms with Crippen LogP contribution in [0.3, 0.4) is 0 Å². The Bertz CT molecular complexity index is 657. The molecule has 2 aliphatic rings. The molecule has 0 amide bonds. The van der Waals surface area contributed by atoms with E-state index in [4.69, 9.17) is 9.47 Å². The summed E-state index contributed by atoms with van der Waals surface area (Å²) in [7, 11) is 0. The molecule has 0 spiro atoms. The first-order valence-electron chi connectivity index (χ1n) is 11.5. The summed E-state index contributed by atoms with van der Waals surface area (Å²) in [5, 5.41) is 0. The molecule has 0 N–H and O–H groups in total. The molecule has 3 rings (SSSR count). The standard InChI is InChI=1S/C25H36F2O2/c1-3-5-18-6-10-20(11-7-18)21-12-8-19(9-13-21)17-29-23-15-14-22(28-16-4-2)24(26)25(23)27/h3,5,14-15,18-21H,4,6-13,16-17H2,1-2H3/b5-3+. The van der Waals surface area contributed by atoms with Crippen LogP contribution in [0.25, 0.3) is 0 Å². The summed E-state index contributed by atoms with van der Waals surface area (Å²) < 4.78 is 39.2. The molecule has 162 valence electrons. The van der Waals surface area contributed by atoms with E-state index in [1.807, 2.05) is 6.92 Å². The Hall–Kier alpha value is -1.58. The Morgan fingerprint density at radius 3 is 1.97 bits per heavy atom. The second-order valence-corrected chi connectivity index (χ2v) is 8.83. The van der Waals surface area contributed by atoms with Gasteiger partial charge in [0.15, 0.2) is 11.5 Å². The lowest BCUT2D eigenvalue weighted by molar-refractivity contribution is 0.127. The van der Waals surface area contributed by atoms with E-state index in [0.717, 1.165) is 37.0 Å². The molecule has 0 unspecified atom stereocenters. The van der Waals surface area contributed by atoms with Crippen LogP contribution in [0.1, 0.15) is 71.6 Å². The highest BCUT2D eigenvalue weighted by molar-refractivity contribution is 5.35. The zero-order valence-electron chi connectivity index (χ0n) is 18.0. The largest absolute Gasteiger partial charge is 0.490 e. The van der Waals surface area contributed by atoms with Crippen LogP contribution in [0, 0.1) is 35.3 Å². The van der Waals surface area contributed by atoms with Crippen molar-refractivity contribution in [2.24, 2.45) is 23.7 Å². The molecule has 2 fully saturated rings. The van der Waals surface area contributed by atoms with Gasteiger partial charge in [-0.05, 0) is 101 Å².